The fourth-order valence-corrected chi connectivity index (χ4v) is 3.40. The molecule has 106 valence electrons. The Bertz CT molecular complexity index is 453. The number of anilines is 1. The van der Waals surface area contributed by atoms with Gasteiger partial charge < -0.3 is 10.5 Å². The molecule has 0 aromatic heterocycles. The highest BCUT2D eigenvalue weighted by atomic mass is 32.2. The smallest absolute Gasteiger partial charge is 0.144 e. The predicted molar refractivity (Wildman–Crippen MR) is 70.3 cm³/mol. The lowest BCUT2D eigenvalue weighted by molar-refractivity contribution is 0.104. The van der Waals surface area contributed by atoms with E-state index in [0.717, 1.165) is 38.0 Å². The number of rotatable bonds is 5. The predicted octanol–water partition coefficient (Wildman–Crippen LogP) is 2.61. The van der Waals surface area contributed by atoms with Crippen LogP contribution in [0, 0.1) is 11.6 Å². The second kappa shape index (κ2) is 6.43. The molecule has 0 aliphatic carbocycles. The lowest BCUT2D eigenvalue weighted by atomic mass is 10.1. The van der Waals surface area contributed by atoms with Crippen LogP contribution in [0.3, 0.4) is 0 Å². The molecule has 2 unspecified atom stereocenters. The van der Waals surface area contributed by atoms with Gasteiger partial charge in [-0.2, -0.15) is 0 Å². The summed E-state index contributed by atoms with van der Waals surface area (Å²) in [6.07, 6.45) is 3.68. The molecule has 3 nitrogen and oxygen atoms in total. The van der Waals surface area contributed by atoms with E-state index in [-0.39, 0.29) is 22.4 Å². The van der Waals surface area contributed by atoms with Crippen LogP contribution in [-0.2, 0) is 15.5 Å². The highest BCUT2D eigenvalue weighted by Gasteiger charge is 2.19. The Labute approximate surface area is 113 Å². The highest BCUT2D eigenvalue weighted by molar-refractivity contribution is 7.85. The quantitative estimate of drug-likeness (QED) is 0.848. The average molecular weight is 289 g/mol. The molecule has 6 heteroatoms. The molecule has 19 heavy (non-hydrogen) atoms. The van der Waals surface area contributed by atoms with Crippen LogP contribution >= 0.6 is 0 Å². The van der Waals surface area contributed by atoms with Gasteiger partial charge in [0.25, 0.3) is 0 Å². The first-order valence-electron chi connectivity index (χ1n) is 6.32. The highest BCUT2D eigenvalue weighted by Crippen LogP contribution is 2.22. The van der Waals surface area contributed by atoms with Crippen molar-refractivity contribution in [3.63, 3.8) is 0 Å². The lowest BCUT2D eigenvalue weighted by Crippen LogP contribution is -2.09. The van der Waals surface area contributed by atoms with Crippen molar-refractivity contribution in [2.24, 2.45) is 0 Å². The number of nitrogens with two attached hydrogens (primary N) is 1. The van der Waals surface area contributed by atoms with Crippen molar-refractivity contribution in [3.8, 4) is 0 Å². The summed E-state index contributed by atoms with van der Waals surface area (Å²) in [6.45, 7) is 0.773. The van der Waals surface area contributed by atoms with Gasteiger partial charge in [0.1, 0.15) is 16.5 Å². The third-order valence-corrected chi connectivity index (χ3v) is 4.63. The van der Waals surface area contributed by atoms with Crippen LogP contribution in [-0.4, -0.2) is 22.7 Å². The van der Waals surface area contributed by atoms with Crippen molar-refractivity contribution < 1.29 is 17.7 Å². The van der Waals surface area contributed by atoms with Crippen LogP contribution in [0.4, 0.5) is 14.5 Å². The molecule has 0 saturated carbocycles. The van der Waals surface area contributed by atoms with Crippen LogP contribution in [0.25, 0.3) is 0 Å². The van der Waals surface area contributed by atoms with Gasteiger partial charge in [0.15, 0.2) is 0 Å². The molecule has 0 bridgehead atoms. The summed E-state index contributed by atoms with van der Waals surface area (Å²) in [7, 11) is -1.68. The zero-order valence-corrected chi connectivity index (χ0v) is 11.3. The van der Waals surface area contributed by atoms with Crippen LogP contribution in [0.15, 0.2) is 17.0 Å². The second-order valence-electron chi connectivity index (χ2n) is 4.64. The van der Waals surface area contributed by atoms with Gasteiger partial charge in [-0.1, -0.05) is 0 Å². The van der Waals surface area contributed by atoms with E-state index in [1.165, 1.54) is 0 Å². The summed E-state index contributed by atoms with van der Waals surface area (Å²) in [6, 6.07) is 1.99. The van der Waals surface area contributed by atoms with Crippen LogP contribution in [0.2, 0.25) is 0 Å². The lowest BCUT2D eigenvalue weighted by Gasteiger charge is -2.09. The summed E-state index contributed by atoms with van der Waals surface area (Å²) >= 11 is 0. The van der Waals surface area contributed by atoms with Crippen molar-refractivity contribution in [1.82, 2.24) is 0 Å². The van der Waals surface area contributed by atoms with Gasteiger partial charge in [-0.15, -0.1) is 0 Å². The number of nitrogen functional groups attached to an aromatic ring is 1. The Hall–Kier alpha value is -1.01. The van der Waals surface area contributed by atoms with E-state index in [9.17, 15) is 13.0 Å². The Morgan fingerprint density at radius 2 is 2.05 bits per heavy atom. The molecule has 2 rings (SSSR count). The summed E-state index contributed by atoms with van der Waals surface area (Å²) in [5, 5.41) is 0. The maximum absolute atomic E-state index is 13.6. The molecule has 1 aliphatic heterocycles. The number of hydrogen-bond acceptors (Lipinski definition) is 3. The van der Waals surface area contributed by atoms with E-state index in [2.05, 4.69) is 0 Å². The fraction of sp³-hybridized carbons (Fsp3) is 0.538. The van der Waals surface area contributed by atoms with Crippen molar-refractivity contribution in [2.45, 2.75) is 36.7 Å². The standard InChI is InChI=1S/C13H17F2NO2S/c14-11-7-9(16)8-12(15)13(11)19(17)6-2-4-10-3-1-5-18-10/h7-8,10H,1-6,16H2. The minimum absolute atomic E-state index is 0.00453. The molecule has 1 aromatic rings. The molecule has 1 saturated heterocycles. The average Bonchev–Trinajstić information content (AvgIpc) is 2.80. The molecule has 0 amide bonds. The number of halogens is 2. The van der Waals surface area contributed by atoms with E-state index in [4.69, 9.17) is 10.5 Å². The van der Waals surface area contributed by atoms with E-state index < -0.39 is 22.4 Å². The number of hydrogen-bond donors (Lipinski definition) is 1. The van der Waals surface area contributed by atoms with E-state index in [0.29, 0.717) is 6.42 Å². The van der Waals surface area contributed by atoms with Gasteiger partial charge in [0, 0.05) is 18.0 Å². The normalized spacial score (nSPS) is 20.6. The molecule has 1 fully saturated rings. The van der Waals surface area contributed by atoms with Crippen LogP contribution in [0.1, 0.15) is 25.7 Å². The Balaban J connectivity index is 1.92. The zero-order valence-electron chi connectivity index (χ0n) is 10.5. The molecule has 0 spiro atoms. The monoisotopic (exact) mass is 289 g/mol. The van der Waals surface area contributed by atoms with E-state index in [1.54, 1.807) is 0 Å². The Morgan fingerprint density at radius 1 is 1.37 bits per heavy atom. The van der Waals surface area contributed by atoms with Crippen molar-refractivity contribution >= 4 is 16.5 Å². The van der Waals surface area contributed by atoms with Crippen molar-refractivity contribution in [3.05, 3.63) is 23.8 Å². The summed E-state index contributed by atoms with van der Waals surface area (Å²) in [4.78, 5) is -0.374. The maximum atomic E-state index is 13.6. The second-order valence-corrected chi connectivity index (χ2v) is 6.15. The molecule has 0 radical (unpaired) electrons. The molecule has 2 N–H and O–H groups in total. The van der Waals surface area contributed by atoms with Gasteiger partial charge >= 0.3 is 0 Å². The van der Waals surface area contributed by atoms with Crippen LogP contribution < -0.4 is 5.73 Å². The maximum Gasteiger partial charge on any atom is 0.144 e. The molecule has 1 heterocycles. The van der Waals surface area contributed by atoms with Gasteiger partial charge in [-0.05, 0) is 37.8 Å². The number of benzene rings is 1. The Morgan fingerprint density at radius 3 is 2.63 bits per heavy atom. The van der Waals surface area contributed by atoms with Gasteiger partial charge in [0.2, 0.25) is 0 Å². The molecular weight excluding hydrogens is 272 g/mol. The minimum atomic E-state index is -1.68. The van der Waals surface area contributed by atoms with Gasteiger partial charge in [-0.25, -0.2) is 8.78 Å². The number of ether oxygens (including phenoxy) is 1. The molecule has 1 aliphatic rings. The largest absolute Gasteiger partial charge is 0.399 e. The van der Waals surface area contributed by atoms with Gasteiger partial charge in [-0.3, -0.25) is 4.21 Å². The molecular formula is C13H17F2NO2S. The molecule has 2 atom stereocenters. The molecule has 1 aromatic carbocycles. The van der Waals surface area contributed by atoms with E-state index in [1.807, 2.05) is 0 Å². The van der Waals surface area contributed by atoms with Gasteiger partial charge in [0.05, 0.1) is 16.9 Å². The summed E-state index contributed by atoms with van der Waals surface area (Å²) in [5.74, 6) is -1.45. The first-order chi connectivity index (χ1) is 9.08. The first kappa shape index (κ1) is 14.4. The third-order valence-electron chi connectivity index (χ3n) is 3.13. The van der Waals surface area contributed by atoms with Crippen molar-refractivity contribution in [2.75, 3.05) is 18.1 Å². The third kappa shape index (κ3) is 3.73. The fourth-order valence-electron chi connectivity index (χ4n) is 2.21. The Kier molecular flexibility index (Phi) is 4.87. The zero-order chi connectivity index (χ0) is 13.8. The van der Waals surface area contributed by atoms with Crippen molar-refractivity contribution in [1.29, 1.82) is 0 Å². The summed E-state index contributed by atoms with van der Waals surface area (Å²) in [5.41, 5.74) is 5.31. The minimum Gasteiger partial charge on any atom is -0.399 e. The van der Waals surface area contributed by atoms with Crippen LogP contribution in [0.5, 0.6) is 0 Å². The SMILES string of the molecule is Nc1cc(F)c(S(=O)CCCC2CCCO2)c(F)c1. The first-order valence-corrected chi connectivity index (χ1v) is 7.64. The topological polar surface area (TPSA) is 52.3 Å². The van der Waals surface area contributed by atoms with E-state index >= 15 is 0 Å². The summed E-state index contributed by atoms with van der Waals surface area (Å²) < 4.78 is 44.5.